The molecule has 2 aliphatic rings. The average molecular weight is 259 g/mol. The number of rotatable bonds is 1. The Balaban J connectivity index is 2.18. The fourth-order valence-electron chi connectivity index (χ4n) is 2.95. The lowest BCUT2D eigenvalue weighted by Gasteiger charge is -2.36. The van der Waals surface area contributed by atoms with E-state index in [0.29, 0.717) is 5.92 Å². The third-order valence-electron chi connectivity index (χ3n) is 3.97. The van der Waals surface area contributed by atoms with Crippen molar-refractivity contribution in [2.75, 3.05) is 30.4 Å². The number of hydrogen-bond donors (Lipinski definition) is 2. The number of ether oxygens (including phenoxy) is 1. The molecule has 0 bridgehead atoms. The Labute approximate surface area is 114 Å². The Kier molecular flexibility index (Phi) is 3.01. The molecule has 3 N–H and O–H groups in total. The van der Waals surface area contributed by atoms with Crippen molar-refractivity contribution >= 4 is 11.4 Å². The summed E-state index contributed by atoms with van der Waals surface area (Å²) in [5.41, 5.74) is 9.87. The zero-order chi connectivity index (χ0) is 13.4. The lowest BCUT2D eigenvalue weighted by Crippen LogP contribution is -2.34. The van der Waals surface area contributed by atoms with Crippen LogP contribution >= 0.6 is 0 Å². The highest BCUT2D eigenvalue weighted by Crippen LogP contribution is 2.43. The van der Waals surface area contributed by atoms with Crippen LogP contribution in [0.3, 0.4) is 0 Å². The second-order valence-electron chi connectivity index (χ2n) is 5.28. The quantitative estimate of drug-likeness (QED) is 0.814. The number of nitrogens with zero attached hydrogens (tertiary/aromatic N) is 1. The molecule has 0 aromatic heterocycles. The van der Waals surface area contributed by atoms with Gasteiger partial charge >= 0.3 is 0 Å². The molecular formula is C15H21N3O. The standard InChI is InChI=1S/C15H21N3O/c1-10-7-14(16)18-6-4-3-5-17-13-9-11(19-2)8-12(10)15(13)18/h7-10,17H,3-6,16H2,1-2H3. The van der Waals surface area contributed by atoms with Crippen molar-refractivity contribution in [2.24, 2.45) is 5.73 Å². The maximum Gasteiger partial charge on any atom is 0.121 e. The highest BCUT2D eigenvalue weighted by Gasteiger charge is 2.27. The smallest absolute Gasteiger partial charge is 0.121 e. The molecular weight excluding hydrogens is 238 g/mol. The van der Waals surface area contributed by atoms with Gasteiger partial charge in [-0.25, -0.2) is 0 Å². The van der Waals surface area contributed by atoms with E-state index in [1.54, 1.807) is 7.11 Å². The first-order valence-corrected chi connectivity index (χ1v) is 6.91. The zero-order valence-corrected chi connectivity index (χ0v) is 11.6. The maximum atomic E-state index is 6.22. The number of benzene rings is 1. The Morgan fingerprint density at radius 2 is 2.21 bits per heavy atom. The predicted octanol–water partition coefficient (Wildman–Crippen LogP) is 2.62. The van der Waals surface area contributed by atoms with Gasteiger partial charge in [0.25, 0.3) is 0 Å². The van der Waals surface area contributed by atoms with E-state index in [1.807, 2.05) is 0 Å². The SMILES string of the molecule is COc1cc2c3c(c1)C(C)C=C(N)N3CCCCN2. The summed E-state index contributed by atoms with van der Waals surface area (Å²) < 4.78 is 5.42. The van der Waals surface area contributed by atoms with E-state index in [0.717, 1.165) is 43.2 Å². The molecule has 0 saturated heterocycles. The van der Waals surface area contributed by atoms with E-state index < -0.39 is 0 Å². The third-order valence-corrected chi connectivity index (χ3v) is 3.97. The summed E-state index contributed by atoms with van der Waals surface area (Å²) in [4.78, 5) is 2.23. The Morgan fingerprint density at radius 3 is 3.00 bits per heavy atom. The zero-order valence-electron chi connectivity index (χ0n) is 11.6. The molecule has 0 aliphatic carbocycles. The first-order valence-electron chi connectivity index (χ1n) is 6.91. The number of allylic oxidation sites excluding steroid dienone is 1. The molecule has 0 radical (unpaired) electrons. The minimum atomic E-state index is 0.321. The van der Waals surface area contributed by atoms with Crippen LogP contribution in [0.5, 0.6) is 5.75 Å². The molecule has 0 saturated carbocycles. The summed E-state index contributed by atoms with van der Waals surface area (Å²) in [5.74, 6) is 2.10. The van der Waals surface area contributed by atoms with Gasteiger partial charge < -0.3 is 20.7 Å². The molecule has 3 rings (SSSR count). The molecule has 4 heteroatoms. The Hall–Kier alpha value is -1.84. The van der Waals surface area contributed by atoms with Crippen molar-refractivity contribution in [3.05, 3.63) is 29.6 Å². The number of nitrogens with two attached hydrogens (primary N) is 1. The predicted molar refractivity (Wildman–Crippen MR) is 78.7 cm³/mol. The molecule has 19 heavy (non-hydrogen) atoms. The van der Waals surface area contributed by atoms with Crippen LogP contribution < -0.4 is 20.7 Å². The lowest BCUT2D eigenvalue weighted by molar-refractivity contribution is 0.414. The monoisotopic (exact) mass is 259 g/mol. The van der Waals surface area contributed by atoms with Crippen LogP contribution in [-0.4, -0.2) is 20.2 Å². The van der Waals surface area contributed by atoms with E-state index in [1.165, 1.54) is 11.3 Å². The van der Waals surface area contributed by atoms with Crippen LogP contribution in [0.4, 0.5) is 11.4 Å². The van der Waals surface area contributed by atoms with Crippen molar-refractivity contribution < 1.29 is 4.74 Å². The summed E-state index contributed by atoms with van der Waals surface area (Å²) in [5, 5.41) is 3.52. The minimum absolute atomic E-state index is 0.321. The van der Waals surface area contributed by atoms with Gasteiger partial charge in [-0.3, -0.25) is 0 Å². The van der Waals surface area contributed by atoms with Crippen LogP contribution in [0.1, 0.15) is 31.2 Å². The average Bonchev–Trinajstić information content (AvgIpc) is 2.37. The molecule has 4 nitrogen and oxygen atoms in total. The van der Waals surface area contributed by atoms with E-state index >= 15 is 0 Å². The normalized spacial score (nSPS) is 21.7. The van der Waals surface area contributed by atoms with Gasteiger partial charge in [0.2, 0.25) is 0 Å². The summed E-state index contributed by atoms with van der Waals surface area (Å²) in [7, 11) is 1.72. The fraction of sp³-hybridized carbons (Fsp3) is 0.467. The largest absolute Gasteiger partial charge is 0.497 e. The summed E-state index contributed by atoms with van der Waals surface area (Å²) in [6.45, 7) is 4.17. The molecule has 0 fully saturated rings. The number of nitrogens with one attached hydrogen (secondary N) is 1. The van der Waals surface area contributed by atoms with Crippen molar-refractivity contribution in [3.8, 4) is 5.75 Å². The van der Waals surface area contributed by atoms with Crippen LogP contribution in [0.2, 0.25) is 0 Å². The molecule has 2 heterocycles. The van der Waals surface area contributed by atoms with Crippen molar-refractivity contribution in [1.29, 1.82) is 0 Å². The van der Waals surface area contributed by atoms with Gasteiger partial charge in [0.1, 0.15) is 5.75 Å². The van der Waals surface area contributed by atoms with Crippen molar-refractivity contribution in [1.82, 2.24) is 0 Å². The highest BCUT2D eigenvalue weighted by atomic mass is 16.5. The maximum absolute atomic E-state index is 6.22. The number of methoxy groups -OCH3 is 1. The highest BCUT2D eigenvalue weighted by molar-refractivity contribution is 5.80. The van der Waals surface area contributed by atoms with Gasteiger partial charge in [0.05, 0.1) is 24.3 Å². The van der Waals surface area contributed by atoms with E-state index in [2.05, 4.69) is 35.3 Å². The van der Waals surface area contributed by atoms with Gasteiger partial charge in [0.15, 0.2) is 0 Å². The molecule has 102 valence electrons. The van der Waals surface area contributed by atoms with E-state index in [-0.39, 0.29) is 0 Å². The molecule has 1 aromatic rings. The molecule has 0 amide bonds. The third kappa shape index (κ3) is 2.01. The van der Waals surface area contributed by atoms with Gasteiger partial charge in [-0.1, -0.05) is 6.92 Å². The van der Waals surface area contributed by atoms with Crippen LogP contribution in [0.25, 0.3) is 0 Å². The molecule has 0 spiro atoms. The van der Waals surface area contributed by atoms with Gasteiger partial charge in [-0.15, -0.1) is 0 Å². The van der Waals surface area contributed by atoms with Crippen molar-refractivity contribution in [2.45, 2.75) is 25.7 Å². The van der Waals surface area contributed by atoms with Crippen LogP contribution in [0.15, 0.2) is 24.0 Å². The minimum Gasteiger partial charge on any atom is -0.497 e. The van der Waals surface area contributed by atoms with E-state index in [4.69, 9.17) is 10.5 Å². The van der Waals surface area contributed by atoms with Crippen molar-refractivity contribution in [3.63, 3.8) is 0 Å². The lowest BCUT2D eigenvalue weighted by atomic mass is 9.92. The van der Waals surface area contributed by atoms with Crippen LogP contribution in [0, 0.1) is 0 Å². The number of hydrogen-bond acceptors (Lipinski definition) is 4. The topological polar surface area (TPSA) is 50.5 Å². The Morgan fingerprint density at radius 1 is 1.37 bits per heavy atom. The summed E-state index contributed by atoms with van der Waals surface area (Å²) in [6.07, 6.45) is 4.44. The molecule has 1 atom stereocenters. The second kappa shape index (κ2) is 4.68. The second-order valence-corrected chi connectivity index (χ2v) is 5.28. The Bertz CT molecular complexity index is 524. The van der Waals surface area contributed by atoms with Gasteiger partial charge in [0, 0.05) is 25.1 Å². The fourth-order valence-corrected chi connectivity index (χ4v) is 2.95. The summed E-state index contributed by atoms with van der Waals surface area (Å²) >= 11 is 0. The first kappa shape index (κ1) is 12.2. The van der Waals surface area contributed by atoms with Gasteiger partial charge in [-0.2, -0.15) is 0 Å². The van der Waals surface area contributed by atoms with Crippen LogP contribution in [-0.2, 0) is 0 Å². The van der Waals surface area contributed by atoms with E-state index in [9.17, 15) is 0 Å². The molecule has 1 unspecified atom stereocenters. The number of anilines is 2. The van der Waals surface area contributed by atoms with Gasteiger partial charge in [-0.05, 0) is 30.5 Å². The summed E-state index contributed by atoms with van der Waals surface area (Å²) in [6, 6.07) is 4.20. The first-order chi connectivity index (χ1) is 9.20. The molecule has 1 aromatic carbocycles. The molecule has 2 aliphatic heterocycles.